The minimum absolute atomic E-state index is 0.146. The second-order valence-corrected chi connectivity index (χ2v) is 14.1. The summed E-state index contributed by atoms with van der Waals surface area (Å²) < 4.78 is 46.3. The number of unbranched alkanes of at least 4 members (excludes halogenated alkanes) is 1. The van der Waals surface area contributed by atoms with E-state index >= 15 is 0 Å². The Morgan fingerprint density at radius 1 is 1.41 bits per heavy atom. The van der Waals surface area contributed by atoms with E-state index in [1.54, 1.807) is 0 Å². The second kappa shape index (κ2) is 9.94. The van der Waals surface area contributed by atoms with Crippen LogP contribution in [-0.4, -0.2) is 60.4 Å². The van der Waals surface area contributed by atoms with Gasteiger partial charge in [-0.3, -0.25) is 9.88 Å². The lowest BCUT2D eigenvalue weighted by atomic mass is 10.1. The number of alkyl halides is 2. The molecular formula is C20H33F2N3O6Si. The van der Waals surface area contributed by atoms with E-state index < -0.39 is 44.5 Å². The number of hydrogen-bond acceptors (Lipinski definition) is 7. The number of rotatable bonds is 8. The summed E-state index contributed by atoms with van der Waals surface area (Å²) in [6.07, 6.45) is -3.79. The fourth-order valence-corrected chi connectivity index (χ4v) is 3.74. The Morgan fingerprint density at radius 2 is 2.06 bits per heavy atom. The summed E-state index contributed by atoms with van der Waals surface area (Å²) in [5.74, 6) is -3.89. The number of halogens is 2. The molecular weight excluding hydrogens is 444 g/mol. The van der Waals surface area contributed by atoms with Crippen LogP contribution in [0.5, 0.6) is 0 Å². The van der Waals surface area contributed by atoms with Crippen molar-refractivity contribution in [2.24, 2.45) is 0 Å². The smallest absolute Gasteiger partial charge is 0.412 e. The molecule has 9 nitrogen and oxygen atoms in total. The van der Waals surface area contributed by atoms with Crippen LogP contribution >= 0.6 is 0 Å². The quantitative estimate of drug-likeness (QED) is 0.435. The van der Waals surface area contributed by atoms with Gasteiger partial charge in [0.25, 0.3) is 0 Å². The van der Waals surface area contributed by atoms with Crippen molar-refractivity contribution in [3.63, 3.8) is 0 Å². The van der Waals surface area contributed by atoms with Gasteiger partial charge in [-0.05, 0) is 30.6 Å². The van der Waals surface area contributed by atoms with Crippen molar-refractivity contribution in [2.45, 2.75) is 83.0 Å². The molecule has 1 amide bonds. The number of hydrogen-bond donors (Lipinski definition) is 2. The summed E-state index contributed by atoms with van der Waals surface area (Å²) in [5, 5.41) is 12.3. The normalized spacial score (nSPS) is 23.2. The molecule has 0 aromatic carbocycles. The van der Waals surface area contributed by atoms with Crippen LogP contribution in [0, 0.1) is 0 Å². The van der Waals surface area contributed by atoms with E-state index in [0.29, 0.717) is 11.0 Å². The fraction of sp³-hybridized carbons (Fsp3) is 0.750. The summed E-state index contributed by atoms with van der Waals surface area (Å²) in [6.45, 7) is 11.8. The number of nitrogens with zero attached hydrogens (tertiary/aromatic N) is 2. The van der Waals surface area contributed by atoms with Crippen LogP contribution in [0.4, 0.5) is 19.4 Å². The van der Waals surface area contributed by atoms with Gasteiger partial charge in [0.2, 0.25) is 6.23 Å². The van der Waals surface area contributed by atoms with E-state index in [0.717, 1.165) is 12.6 Å². The molecule has 0 saturated carbocycles. The van der Waals surface area contributed by atoms with Gasteiger partial charge in [-0.2, -0.15) is 13.8 Å². The molecule has 182 valence electrons. The van der Waals surface area contributed by atoms with Crippen LogP contribution in [0.3, 0.4) is 0 Å². The highest BCUT2D eigenvalue weighted by molar-refractivity contribution is 6.74. The number of aromatic nitrogens is 2. The Kier molecular flexibility index (Phi) is 8.18. The highest BCUT2D eigenvalue weighted by atomic mass is 28.4. The number of aliphatic hydroxyl groups is 1. The molecule has 1 aromatic rings. The predicted molar refractivity (Wildman–Crippen MR) is 116 cm³/mol. The Balaban J connectivity index is 2.12. The predicted octanol–water partition coefficient (Wildman–Crippen LogP) is 3.51. The maximum absolute atomic E-state index is 14.8. The first-order chi connectivity index (χ1) is 14.7. The van der Waals surface area contributed by atoms with Gasteiger partial charge < -0.3 is 19.0 Å². The number of amides is 1. The lowest BCUT2D eigenvalue weighted by Crippen LogP contribution is -2.45. The van der Waals surface area contributed by atoms with E-state index in [1.165, 1.54) is 6.07 Å². The minimum atomic E-state index is -3.75. The first-order valence-corrected chi connectivity index (χ1v) is 13.5. The first kappa shape index (κ1) is 26.4. The second-order valence-electron chi connectivity index (χ2n) is 9.33. The van der Waals surface area contributed by atoms with Gasteiger partial charge in [0.05, 0.1) is 13.2 Å². The zero-order valence-electron chi connectivity index (χ0n) is 19.4. The van der Waals surface area contributed by atoms with Crippen LogP contribution in [0.1, 0.15) is 46.8 Å². The van der Waals surface area contributed by atoms with E-state index in [9.17, 15) is 23.5 Å². The molecule has 0 bridgehead atoms. The van der Waals surface area contributed by atoms with Crippen molar-refractivity contribution in [3.05, 3.63) is 22.7 Å². The number of nitrogens with one attached hydrogen (secondary N) is 1. The zero-order valence-corrected chi connectivity index (χ0v) is 20.4. The van der Waals surface area contributed by atoms with Crippen molar-refractivity contribution >= 4 is 20.2 Å². The average molecular weight is 478 g/mol. The molecule has 1 fully saturated rings. The fourth-order valence-electron chi connectivity index (χ4n) is 2.72. The topological polar surface area (TPSA) is 112 Å². The molecule has 1 aliphatic rings. The Hall–Kier alpha value is -1.89. The van der Waals surface area contributed by atoms with Crippen molar-refractivity contribution in [3.8, 4) is 0 Å². The maximum atomic E-state index is 14.8. The number of anilines is 1. The van der Waals surface area contributed by atoms with Gasteiger partial charge in [0.1, 0.15) is 11.9 Å². The summed E-state index contributed by atoms with van der Waals surface area (Å²) >= 11 is 0. The molecule has 0 aliphatic carbocycles. The molecule has 1 aliphatic heterocycles. The van der Waals surface area contributed by atoms with E-state index in [4.69, 9.17) is 13.9 Å². The number of carbonyl (C=O) groups excluding carboxylic acids is 1. The van der Waals surface area contributed by atoms with E-state index in [2.05, 4.69) is 10.3 Å². The summed E-state index contributed by atoms with van der Waals surface area (Å²) in [5.41, 5.74) is -1.07. The van der Waals surface area contributed by atoms with Gasteiger partial charge in [0, 0.05) is 6.20 Å². The van der Waals surface area contributed by atoms with Gasteiger partial charge in [0.15, 0.2) is 14.4 Å². The number of ether oxygens (including phenoxy) is 2. The lowest BCUT2D eigenvalue weighted by Gasteiger charge is -2.37. The Morgan fingerprint density at radius 3 is 2.62 bits per heavy atom. The minimum Gasteiger partial charge on any atom is -0.449 e. The molecule has 2 rings (SSSR count). The number of carbonyl (C=O) groups is 1. The molecule has 0 unspecified atom stereocenters. The van der Waals surface area contributed by atoms with Crippen molar-refractivity contribution in [2.75, 3.05) is 18.5 Å². The highest BCUT2D eigenvalue weighted by Gasteiger charge is 2.60. The first-order valence-electron chi connectivity index (χ1n) is 10.6. The van der Waals surface area contributed by atoms with Crippen LogP contribution < -0.4 is 11.0 Å². The summed E-state index contributed by atoms with van der Waals surface area (Å²) in [7, 11) is -2.27. The van der Waals surface area contributed by atoms with Gasteiger partial charge in [-0.15, -0.1) is 0 Å². The van der Waals surface area contributed by atoms with Crippen LogP contribution in [0.15, 0.2) is 17.1 Å². The average Bonchev–Trinajstić information content (AvgIpc) is 2.89. The number of aliphatic hydroxyl groups excluding tert-OH is 1. The molecule has 2 N–H and O–H groups in total. The molecule has 0 spiro atoms. The summed E-state index contributed by atoms with van der Waals surface area (Å²) in [6, 6.07) is 1.17. The molecule has 1 saturated heterocycles. The van der Waals surface area contributed by atoms with Gasteiger partial charge in [-0.1, -0.05) is 34.1 Å². The third-order valence-corrected chi connectivity index (χ3v) is 10.3. The Bertz CT molecular complexity index is 858. The molecule has 1 aromatic heterocycles. The standard InChI is InChI=1S/C20H33F2N3O6Si/c1-7-8-11-29-18(28)24-14-9-10-25(17(27)23-14)16-20(21,22)15(26)13(31-16)12-30-32(5,6)19(2,3)4/h9-10,13,15-16,26H,7-8,11-12H2,1-6H3,(H,23,24,27,28)/t13-,15-,16-/m1/s1. The molecule has 3 atom stereocenters. The van der Waals surface area contributed by atoms with Gasteiger partial charge in [-0.25, -0.2) is 9.59 Å². The highest BCUT2D eigenvalue weighted by Crippen LogP contribution is 2.43. The third kappa shape index (κ3) is 5.91. The maximum Gasteiger partial charge on any atom is 0.412 e. The van der Waals surface area contributed by atoms with Gasteiger partial charge >= 0.3 is 17.7 Å². The summed E-state index contributed by atoms with van der Waals surface area (Å²) in [4.78, 5) is 27.6. The monoisotopic (exact) mass is 477 g/mol. The van der Waals surface area contributed by atoms with Crippen LogP contribution in [0.25, 0.3) is 0 Å². The van der Waals surface area contributed by atoms with Crippen molar-refractivity contribution < 1.29 is 32.6 Å². The molecule has 32 heavy (non-hydrogen) atoms. The zero-order chi connectivity index (χ0) is 24.3. The van der Waals surface area contributed by atoms with Crippen molar-refractivity contribution in [1.29, 1.82) is 0 Å². The molecule has 12 heteroatoms. The van der Waals surface area contributed by atoms with Crippen molar-refractivity contribution in [1.82, 2.24) is 9.55 Å². The van der Waals surface area contributed by atoms with Crippen LogP contribution in [0.2, 0.25) is 18.1 Å². The lowest BCUT2D eigenvalue weighted by molar-refractivity contribution is -0.140. The largest absolute Gasteiger partial charge is 0.449 e. The SMILES string of the molecule is CCCCOC(=O)Nc1ccn([C@@H]2O[C@H](CO[Si](C)(C)C(C)(C)C)[C@@H](O)C2(F)F)c(=O)n1. The third-order valence-electron chi connectivity index (χ3n) is 5.84. The molecule has 2 heterocycles. The van der Waals surface area contributed by atoms with E-state index in [1.807, 2.05) is 40.8 Å². The molecule has 0 radical (unpaired) electrons. The van der Waals surface area contributed by atoms with E-state index in [-0.39, 0.29) is 24.1 Å². The Labute approximate surface area is 187 Å². The van der Waals surface area contributed by atoms with Crippen LogP contribution in [-0.2, 0) is 13.9 Å².